The van der Waals surface area contributed by atoms with Crippen molar-refractivity contribution in [2.45, 2.75) is 57.7 Å². The Labute approximate surface area is 169 Å². The average molecular weight is 419 g/mol. The molecule has 3 aromatic rings. The number of amides is 1. The van der Waals surface area contributed by atoms with Crippen molar-refractivity contribution in [1.82, 2.24) is 24.7 Å². The van der Waals surface area contributed by atoms with E-state index in [1.54, 1.807) is 11.8 Å². The van der Waals surface area contributed by atoms with Crippen LogP contribution in [0.2, 0.25) is 0 Å². The van der Waals surface area contributed by atoms with Crippen LogP contribution in [0.3, 0.4) is 0 Å². The summed E-state index contributed by atoms with van der Waals surface area (Å²) in [5, 5.41) is 7.97. The molecule has 1 atom stereocenters. The minimum atomic E-state index is -4.59. The number of fused-ring (bicyclic) bond motifs is 1. The highest BCUT2D eigenvalue weighted by molar-refractivity contribution is 5.94. The highest BCUT2D eigenvalue weighted by Gasteiger charge is 2.39. The zero-order valence-corrected chi connectivity index (χ0v) is 16.5. The van der Waals surface area contributed by atoms with Crippen LogP contribution < -0.4 is 0 Å². The van der Waals surface area contributed by atoms with Crippen LogP contribution in [0, 0.1) is 13.8 Å². The summed E-state index contributed by atoms with van der Waals surface area (Å²) in [5.74, 6) is 0.277. The Morgan fingerprint density at radius 1 is 1.20 bits per heavy atom. The van der Waals surface area contributed by atoms with Gasteiger partial charge in [-0.15, -0.1) is 0 Å². The lowest BCUT2D eigenvalue weighted by Gasteiger charge is -2.23. The van der Waals surface area contributed by atoms with Crippen LogP contribution in [0.5, 0.6) is 0 Å². The van der Waals surface area contributed by atoms with Crippen LogP contribution in [0.25, 0.3) is 5.65 Å². The van der Waals surface area contributed by atoms with Crippen LogP contribution in [-0.2, 0) is 6.18 Å². The van der Waals surface area contributed by atoms with E-state index in [2.05, 4.69) is 15.2 Å². The fourth-order valence-electron chi connectivity index (χ4n) is 4.31. The lowest BCUT2D eigenvalue weighted by atomic mass is 10.0. The molecule has 0 bridgehead atoms. The number of hydrogen-bond acceptors (Lipinski definition) is 5. The molecule has 10 heteroatoms. The van der Waals surface area contributed by atoms with Crippen LogP contribution >= 0.6 is 0 Å². The van der Waals surface area contributed by atoms with Gasteiger partial charge in [0, 0.05) is 29.8 Å². The van der Waals surface area contributed by atoms with E-state index in [1.807, 2.05) is 6.92 Å². The minimum absolute atomic E-state index is 0.0420. The molecule has 3 aromatic heterocycles. The number of rotatable bonds is 3. The van der Waals surface area contributed by atoms with Crippen molar-refractivity contribution in [3.05, 3.63) is 46.2 Å². The summed E-state index contributed by atoms with van der Waals surface area (Å²) >= 11 is 0. The van der Waals surface area contributed by atoms with E-state index in [0.29, 0.717) is 23.7 Å². The zero-order chi connectivity index (χ0) is 21.2. The molecular weight excluding hydrogens is 399 g/mol. The first-order valence-electron chi connectivity index (χ1n) is 9.95. The molecule has 0 radical (unpaired) electrons. The third-order valence-corrected chi connectivity index (χ3v) is 5.89. The standard InChI is InChI=1S/C20H20F3N5O2/c1-10-18(11(2)30-26-10)15-4-3-7-27(15)19(29)14-9-17-24-13(12-5-6-12)8-16(20(21,22)23)28(17)25-14/h8-9,12,15H,3-7H2,1-2H3/t15-/m0/s1. The number of carbonyl (C=O) groups is 1. The Morgan fingerprint density at radius 3 is 2.60 bits per heavy atom. The molecular formula is C20H20F3N5O2. The van der Waals surface area contributed by atoms with Crippen molar-refractivity contribution in [2.24, 2.45) is 0 Å². The van der Waals surface area contributed by atoms with Crippen molar-refractivity contribution in [3.63, 3.8) is 0 Å². The summed E-state index contributed by atoms with van der Waals surface area (Å²) in [7, 11) is 0. The first-order chi connectivity index (χ1) is 14.2. The quantitative estimate of drug-likeness (QED) is 0.636. The van der Waals surface area contributed by atoms with Gasteiger partial charge in [0.15, 0.2) is 11.3 Å². The van der Waals surface area contributed by atoms with Crippen LogP contribution in [0.1, 0.15) is 76.5 Å². The predicted molar refractivity (Wildman–Crippen MR) is 99.0 cm³/mol. The van der Waals surface area contributed by atoms with Gasteiger partial charge in [0.2, 0.25) is 0 Å². The maximum absolute atomic E-state index is 13.6. The largest absolute Gasteiger partial charge is 0.433 e. The number of hydrogen-bond donors (Lipinski definition) is 0. The molecule has 2 fully saturated rings. The van der Waals surface area contributed by atoms with Crippen molar-refractivity contribution in [2.75, 3.05) is 6.54 Å². The summed E-state index contributed by atoms with van der Waals surface area (Å²) in [4.78, 5) is 19.2. The minimum Gasteiger partial charge on any atom is -0.361 e. The molecule has 0 spiro atoms. The van der Waals surface area contributed by atoms with Crippen LogP contribution in [0.4, 0.5) is 13.2 Å². The van der Waals surface area contributed by atoms with Crippen molar-refractivity contribution >= 4 is 11.6 Å². The highest BCUT2D eigenvalue weighted by atomic mass is 19.4. The average Bonchev–Trinajstić information content (AvgIpc) is 3.13. The fourth-order valence-corrected chi connectivity index (χ4v) is 4.31. The molecule has 2 aliphatic rings. The monoisotopic (exact) mass is 419 g/mol. The third kappa shape index (κ3) is 3.05. The molecule has 0 N–H and O–H groups in total. The summed E-state index contributed by atoms with van der Waals surface area (Å²) in [6.45, 7) is 4.10. The van der Waals surface area contributed by atoms with E-state index in [1.165, 1.54) is 6.07 Å². The first kappa shape index (κ1) is 19.1. The van der Waals surface area contributed by atoms with Gasteiger partial charge >= 0.3 is 6.18 Å². The smallest absolute Gasteiger partial charge is 0.361 e. The number of aromatic nitrogens is 4. The second-order valence-corrected chi connectivity index (χ2v) is 8.03. The van der Waals surface area contributed by atoms with Crippen LogP contribution in [0.15, 0.2) is 16.7 Å². The van der Waals surface area contributed by atoms with Crippen molar-refractivity contribution < 1.29 is 22.5 Å². The van der Waals surface area contributed by atoms with Gasteiger partial charge in [0.25, 0.3) is 5.91 Å². The zero-order valence-electron chi connectivity index (χ0n) is 16.5. The summed E-state index contributed by atoms with van der Waals surface area (Å²) in [6, 6.07) is 2.17. The fraction of sp³-hybridized carbons (Fsp3) is 0.500. The van der Waals surface area contributed by atoms with Crippen molar-refractivity contribution in [3.8, 4) is 0 Å². The second kappa shape index (κ2) is 6.55. The number of likely N-dealkylation sites (tertiary alicyclic amines) is 1. The predicted octanol–water partition coefficient (Wildman–Crippen LogP) is 4.21. The van der Waals surface area contributed by atoms with E-state index in [4.69, 9.17) is 4.52 Å². The second-order valence-electron chi connectivity index (χ2n) is 8.03. The lowest BCUT2D eigenvalue weighted by molar-refractivity contribution is -0.142. The van der Waals surface area contributed by atoms with Gasteiger partial charge in [-0.3, -0.25) is 4.79 Å². The van der Waals surface area contributed by atoms with Gasteiger partial charge in [-0.05, 0) is 45.6 Å². The molecule has 158 valence electrons. The maximum Gasteiger partial charge on any atom is 0.433 e. The van der Waals surface area contributed by atoms with Gasteiger partial charge in [-0.1, -0.05) is 5.16 Å². The molecule has 7 nitrogen and oxygen atoms in total. The molecule has 0 aromatic carbocycles. The summed E-state index contributed by atoms with van der Waals surface area (Å²) < 4.78 is 46.9. The summed E-state index contributed by atoms with van der Waals surface area (Å²) in [6.07, 6.45) is -1.42. The Balaban J connectivity index is 1.55. The van der Waals surface area contributed by atoms with Gasteiger partial charge in [-0.2, -0.15) is 18.3 Å². The number of alkyl halides is 3. The molecule has 1 amide bonds. The Bertz CT molecular complexity index is 1130. The summed E-state index contributed by atoms with van der Waals surface area (Å²) in [5.41, 5.74) is 1.07. The Hall–Kier alpha value is -2.91. The van der Waals surface area contributed by atoms with E-state index in [0.717, 1.165) is 41.8 Å². The molecule has 1 aliphatic carbocycles. The molecule has 1 saturated carbocycles. The highest BCUT2D eigenvalue weighted by Crippen LogP contribution is 2.41. The third-order valence-electron chi connectivity index (χ3n) is 5.89. The Morgan fingerprint density at radius 2 is 1.97 bits per heavy atom. The molecule has 1 aliphatic heterocycles. The van der Waals surface area contributed by atoms with Crippen molar-refractivity contribution in [1.29, 1.82) is 0 Å². The lowest BCUT2D eigenvalue weighted by Crippen LogP contribution is -2.31. The molecule has 30 heavy (non-hydrogen) atoms. The SMILES string of the molecule is Cc1noc(C)c1[C@@H]1CCCN1C(=O)c1cc2nc(C3CC3)cc(C(F)(F)F)n2n1. The number of aryl methyl sites for hydroxylation is 2. The maximum atomic E-state index is 13.6. The van der Waals surface area contributed by atoms with E-state index >= 15 is 0 Å². The van der Waals surface area contributed by atoms with E-state index < -0.39 is 17.8 Å². The van der Waals surface area contributed by atoms with Crippen LogP contribution in [-0.4, -0.2) is 37.1 Å². The molecule has 4 heterocycles. The molecule has 5 rings (SSSR count). The number of nitrogens with zero attached hydrogens (tertiary/aromatic N) is 5. The van der Waals surface area contributed by atoms with Gasteiger partial charge in [0.1, 0.15) is 11.5 Å². The molecule has 1 saturated heterocycles. The van der Waals surface area contributed by atoms with Gasteiger partial charge in [0.05, 0.1) is 11.7 Å². The molecule has 0 unspecified atom stereocenters. The first-order valence-corrected chi connectivity index (χ1v) is 9.95. The number of carbonyl (C=O) groups excluding carboxylic acids is 1. The number of halogens is 3. The van der Waals surface area contributed by atoms with E-state index in [-0.39, 0.29) is 23.3 Å². The van der Waals surface area contributed by atoms with Gasteiger partial charge < -0.3 is 9.42 Å². The van der Waals surface area contributed by atoms with Gasteiger partial charge in [-0.25, -0.2) is 9.50 Å². The van der Waals surface area contributed by atoms with E-state index in [9.17, 15) is 18.0 Å². The Kier molecular flexibility index (Phi) is 4.16. The normalized spacial score (nSPS) is 19.8. The topological polar surface area (TPSA) is 76.5 Å².